The van der Waals surface area contributed by atoms with E-state index in [0.717, 1.165) is 31.3 Å². The number of aliphatic imine (C=N–C) groups is 1. The molecule has 2 aliphatic rings. The monoisotopic (exact) mass is 370 g/mol. The van der Waals surface area contributed by atoms with Crippen molar-refractivity contribution in [2.75, 3.05) is 26.2 Å². The van der Waals surface area contributed by atoms with Gasteiger partial charge in [-0.05, 0) is 37.5 Å². The number of hydrogen-bond donors (Lipinski definition) is 2. The number of guanidine groups is 1. The van der Waals surface area contributed by atoms with Crippen LogP contribution in [0, 0.1) is 0 Å². The highest BCUT2D eigenvalue weighted by atomic mass is 35.5. The lowest BCUT2D eigenvalue weighted by atomic mass is 10.1. The summed E-state index contributed by atoms with van der Waals surface area (Å²) in [6, 6.07) is 6.16. The molecule has 2 unspecified atom stereocenters. The summed E-state index contributed by atoms with van der Waals surface area (Å²) in [4.78, 5) is 6.94. The van der Waals surface area contributed by atoms with Gasteiger partial charge in [0, 0.05) is 29.2 Å². The van der Waals surface area contributed by atoms with E-state index in [4.69, 9.17) is 33.7 Å². The van der Waals surface area contributed by atoms with Gasteiger partial charge in [0.05, 0.1) is 25.3 Å². The summed E-state index contributed by atoms with van der Waals surface area (Å²) >= 11 is 12.2. The molecule has 1 aliphatic carbocycles. The zero-order valence-electron chi connectivity index (χ0n) is 13.8. The first-order chi connectivity index (χ1) is 11.5. The first kappa shape index (κ1) is 17.8. The number of nitrogens with two attached hydrogens (primary N) is 1. The lowest BCUT2D eigenvalue weighted by Gasteiger charge is -2.32. The number of nitrogens with zero attached hydrogens (tertiary/aromatic N) is 2. The Morgan fingerprint density at radius 2 is 2.25 bits per heavy atom. The van der Waals surface area contributed by atoms with Gasteiger partial charge >= 0.3 is 0 Å². The fourth-order valence-electron chi connectivity index (χ4n) is 3.02. The Balaban J connectivity index is 1.51. The molecule has 0 aromatic heterocycles. The summed E-state index contributed by atoms with van der Waals surface area (Å²) in [5.74, 6) is 0.403. The molecule has 1 heterocycles. The van der Waals surface area contributed by atoms with Crippen molar-refractivity contribution >= 4 is 29.2 Å². The SMILES string of the molecule is CC(NC(N)=NCC1CN(C2CC2)CCO1)c1ccc(Cl)cc1Cl. The van der Waals surface area contributed by atoms with E-state index in [1.165, 1.54) is 12.8 Å². The summed E-state index contributed by atoms with van der Waals surface area (Å²) in [5.41, 5.74) is 6.95. The van der Waals surface area contributed by atoms with Gasteiger partial charge in [-0.1, -0.05) is 29.3 Å². The van der Waals surface area contributed by atoms with Crippen LogP contribution in [0.15, 0.2) is 23.2 Å². The molecule has 132 valence electrons. The molecule has 1 aliphatic heterocycles. The van der Waals surface area contributed by atoms with Crippen LogP contribution in [-0.2, 0) is 4.74 Å². The summed E-state index contributed by atoms with van der Waals surface area (Å²) < 4.78 is 5.79. The van der Waals surface area contributed by atoms with Gasteiger partial charge in [-0.15, -0.1) is 0 Å². The van der Waals surface area contributed by atoms with E-state index in [1.54, 1.807) is 6.07 Å². The highest BCUT2D eigenvalue weighted by Crippen LogP contribution is 2.28. The maximum absolute atomic E-state index is 6.23. The fraction of sp³-hybridized carbons (Fsp3) is 0.588. The van der Waals surface area contributed by atoms with Crippen LogP contribution in [-0.4, -0.2) is 49.2 Å². The molecule has 1 aromatic rings. The van der Waals surface area contributed by atoms with E-state index >= 15 is 0 Å². The van der Waals surface area contributed by atoms with Crippen LogP contribution in [0.25, 0.3) is 0 Å². The molecular formula is C17H24Cl2N4O. The van der Waals surface area contributed by atoms with Crippen LogP contribution in [0.1, 0.15) is 31.4 Å². The van der Waals surface area contributed by atoms with E-state index in [9.17, 15) is 0 Å². The second-order valence-corrected chi connectivity index (χ2v) is 7.32. The van der Waals surface area contributed by atoms with Gasteiger partial charge in [-0.2, -0.15) is 0 Å². The van der Waals surface area contributed by atoms with Crippen molar-refractivity contribution in [3.63, 3.8) is 0 Å². The average molecular weight is 371 g/mol. The minimum absolute atomic E-state index is 0.0475. The van der Waals surface area contributed by atoms with E-state index in [1.807, 2.05) is 19.1 Å². The lowest BCUT2D eigenvalue weighted by Crippen LogP contribution is -2.45. The topological polar surface area (TPSA) is 62.9 Å². The molecule has 3 N–H and O–H groups in total. The minimum atomic E-state index is -0.0475. The fourth-order valence-corrected chi connectivity index (χ4v) is 3.59. The van der Waals surface area contributed by atoms with Crippen LogP contribution >= 0.6 is 23.2 Å². The minimum Gasteiger partial charge on any atom is -0.374 e. The smallest absolute Gasteiger partial charge is 0.189 e. The Bertz CT molecular complexity index is 606. The molecule has 0 bridgehead atoms. The predicted molar refractivity (Wildman–Crippen MR) is 98.8 cm³/mol. The highest BCUT2D eigenvalue weighted by Gasteiger charge is 2.32. The first-order valence-corrected chi connectivity index (χ1v) is 9.15. The molecule has 0 amide bonds. The van der Waals surface area contributed by atoms with Crippen molar-refractivity contribution in [2.45, 2.75) is 38.0 Å². The van der Waals surface area contributed by atoms with Crippen molar-refractivity contribution in [2.24, 2.45) is 10.7 Å². The standard InChI is InChI=1S/C17H24Cl2N4O/c1-11(15-5-2-12(18)8-16(15)19)22-17(20)21-9-14-10-23(6-7-24-14)13-3-4-13/h2,5,8,11,13-14H,3-4,6-7,9-10H2,1H3,(H3,20,21,22). The third kappa shape index (κ3) is 4.76. The molecule has 3 rings (SSSR count). The second kappa shape index (κ2) is 7.91. The van der Waals surface area contributed by atoms with Crippen molar-refractivity contribution in [3.8, 4) is 0 Å². The molecular weight excluding hydrogens is 347 g/mol. The number of nitrogens with one attached hydrogen (secondary N) is 1. The Kier molecular flexibility index (Phi) is 5.87. The number of hydrogen-bond acceptors (Lipinski definition) is 3. The molecule has 24 heavy (non-hydrogen) atoms. The van der Waals surface area contributed by atoms with Crippen LogP contribution in [0.5, 0.6) is 0 Å². The summed E-state index contributed by atoms with van der Waals surface area (Å²) in [6.45, 7) is 5.32. The molecule has 1 saturated heterocycles. The molecule has 5 nitrogen and oxygen atoms in total. The van der Waals surface area contributed by atoms with E-state index in [-0.39, 0.29) is 12.1 Å². The summed E-state index contributed by atoms with van der Waals surface area (Å²) in [6.07, 6.45) is 2.76. The number of halogens is 2. The van der Waals surface area contributed by atoms with Crippen molar-refractivity contribution in [1.82, 2.24) is 10.2 Å². The number of benzene rings is 1. The van der Waals surface area contributed by atoms with Crippen LogP contribution in [0.3, 0.4) is 0 Å². The summed E-state index contributed by atoms with van der Waals surface area (Å²) in [5, 5.41) is 4.41. The molecule has 1 aromatic carbocycles. The molecule has 0 spiro atoms. The average Bonchev–Trinajstić information content (AvgIpc) is 3.38. The first-order valence-electron chi connectivity index (χ1n) is 8.40. The zero-order valence-corrected chi connectivity index (χ0v) is 15.4. The number of rotatable bonds is 5. The summed E-state index contributed by atoms with van der Waals surface area (Å²) in [7, 11) is 0. The van der Waals surface area contributed by atoms with E-state index < -0.39 is 0 Å². The zero-order chi connectivity index (χ0) is 17.1. The van der Waals surface area contributed by atoms with Gasteiger partial charge in [0.25, 0.3) is 0 Å². The molecule has 7 heteroatoms. The number of morpholine rings is 1. The predicted octanol–water partition coefficient (Wildman–Crippen LogP) is 2.82. The Hall–Kier alpha value is -1.01. The lowest BCUT2D eigenvalue weighted by molar-refractivity contribution is -0.0259. The Morgan fingerprint density at radius 3 is 2.96 bits per heavy atom. The quantitative estimate of drug-likeness (QED) is 0.617. The normalized spacial score (nSPS) is 24.0. The second-order valence-electron chi connectivity index (χ2n) is 6.48. The van der Waals surface area contributed by atoms with E-state index in [0.29, 0.717) is 22.5 Å². The van der Waals surface area contributed by atoms with Crippen molar-refractivity contribution in [1.29, 1.82) is 0 Å². The van der Waals surface area contributed by atoms with Gasteiger partial charge in [-0.3, -0.25) is 9.89 Å². The maximum Gasteiger partial charge on any atom is 0.189 e. The molecule has 0 radical (unpaired) electrons. The van der Waals surface area contributed by atoms with Gasteiger partial charge < -0.3 is 15.8 Å². The van der Waals surface area contributed by atoms with Crippen LogP contribution in [0.4, 0.5) is 0 Å². The largest absolute Gasteiger partial charge is 0.374 e. The van der Waals surface area contributed by atoms with Crippen molar-refractivity contribution in [3.05, 3.63) is 33.8 Å². The van der Waals surface area contributed by atoms with Gasteiger partial charge in [0.2, 0.25) is 0 Å². The van der Waals surface area contributed by atoms with Gasteiger partial charge in [-0.25, -0.2) is 0 Å². The van der Waals surface area contributed by atoms with Crippen molar-refractivity contribution < 1.29 is 4.74 Å². The third-order valence-corrected chi connectivity index (χ3v) is 5.05. The number of ether oxygens (including phenoxy) is 1. The van der Waals surface area contributed by atoms with Crippen LogP contribution in [0.2, 0.25) is 10.0 Å². The van der Waals surface area contributed by atoms with Gasteiger partial charge in [0.15, 0.2) is 5.96 Å². The van der Waals surface area contributed by atoms with Crippen LogP contribution < -0.4 is 11.1 Å². The Labute approximate surface area is 153 Å². The van der Waals surface area contributed by atoms with E-state index in [2.05, 4.69) is 15.2 Å². The third-order valence-electron chi connectivity index (χ3n) is 4.49. The van der Waals surface area contributed by atoms with Gasteiger partial charge in [0.1, 0.15) is 0 Å². The highest BCUT2D eigenvalue weighted by molar-refractivity contribution is 6.35. The maximum atomic E-state index is 6.23. The Morgan fingerprint density at radius 1 is 1.46 bits per heavy atom. The molecule has 1 saturated carbocycles. The molecule has 2 fully saturated rings. The molecule has 2 atom stereocenters.